The van der Waals surface area contributed by atoms with Crippen molar-refractivity contribution in [3.63, 3.8) is 0 Å². The van der Waals surface area contributed by atoms with Crippen LogP contribution in [0.3, 0.4) is 0 Å². The molecule has 0 unspecified atom stereocenters. The van der Waals surface area contributed by atoms with Gasteiger partial charge in [0.05, 0.1) is 19.4 Å². The highest BCUT2D eigenvalue weighted by atomic mass is 16.5. The highest BCUT2D eigenvalue weighted by Crippen LogP contribution is 2.32. The Morgan fingerprint density at radius 2 is 1.92 bits per heavy atom. The van der Waals surface area contributed by atoms with Crippen LogP contribution < -0.4 is 10.6 Å². The van der Waals surface area contributed by atoms with Gasteiger partial charge in [-0.3, -0.25) is 4.79 Å². The molecule has 3 aromatic heterocycles. The molecular formula is C30H34N6O3. The summed E-state index contributed by atoms with van der Waals surface area (Å²) in [6.45, 7) is 10.4. The van der Waals surface area contributed by atoms with E-state index in [9.17, 15) is 4.79 Å². The summed E-state index contributed by atoms with van der Waals surface area (Å²) in [6.07, 6.45) is 10.4. The Balaban J connectivity index is 0.00000172. The number of nitrogens with two attached hydrogens (primary N) is 1. The van der Waals surface area contributed by atoms with Crippen molar-refractivity contribution in [2.45, 2.75) is 20.3 Å². The van der Waals surface area contributed by atoms with Crippen molar-refractivity contribution in [1.82, 2.24) is 19.7 Å². The van der Waals surface area contributed by atoms with Gasteiger partial charge in [0, 0.05) is 36.5 Å². The van der Waals surface area contributed by atoms with Crippen molar-refractivity contribution in [1.29, 1.82) is 0 Å². The van der Waals surface area contributed by atoms with E-state index in [4.69, 9.17) is 19.1 Å². The molecule has 1 aromatic carbocycles. The zero-order valence-electron chi connectivity index (χ0n) is 22.6. The first kappa shape index (κ1) is 27.7. The molecule has 9 nitrogen and oxygen atoms in total. The monoisotopic (exact) mass is 526 g/mol. The summed E-state index contributed by atoms with van der Waals surface area (Å²) in [5.41, 5.74) is 10.5. The van der Waals surface area contributed by atoms with E-state index in [0.29, 0.717) is 66.9 Å². The molecule has 9 heteroatoms. The number of aromatic nitrogens is 4. The third-order valence-electron chi connectivity index (χ3n) is 6.34. The van der Waals surface area contributed by atoms with Gasteiger partial charge in [0.15, 0.2) is 11.4 Å². The number of hydrogen-bond donors (Lipinski definition) is 1. The van der Waals surface area contributed by atoms with Gasteiger partial charge in [-0.1, -0.05) is 61.6 Å². The van der Waals surface area contributed by atoms with E-state index >= 15 is 0 Å². The van der Waals surface area contributed by atoms with Gasteiger partial charge in [0.2, 0.25) is 0 Å². The van der Waals surface area contributed by atoms with Crippen molar-refractivity contribution in [2.75, 3.05) is 38.3 Å². The summed E-state index contributed by atoms with van der Waals surface area (Å²) in [5.74, 6) is 1.87. The maximum absolute atomic E-state index is 11.2. The Labute approximate surface area is 228 Å². The quantitative estimate of drug-likeness (QED) is 0.196. The highest BCUT2D eigenvalue weighted by Gasteiger charge is 2.22. The average molecular weight is 527 g/mol. The Hall–Kier alpha value is -4.34. The summed E-state index contributed by atoms with van der Waals surface area (Å²) in [4.78, 5) is 23.0. The first-order chi connectivity index (χ1) is 19.1. The van der Waals surface area contributed by atoms with E-state index in [1.54, 1.807) is 10.8 Å². The molecule has 1 aliphatic heterocycles. The van der Waals surface area contributed by atoms with Crippen LogP contribution in [-0.4, -0.2) is 59.4 Å². The lowest BCUT2D eigenvalue weighted by Gasteiger charge is -2.27. The lowest BCUT2D eigenvalue weighted by atomic mass is 10.1. The minimum atomic E-state index is 0.470. The van der Waals surface area contributed by atoms with E-state index in [0.717, 1.165) is 23.0 Å². The number of anilines is 1. The van der Waals surface area contributed by atoms with Crippen LogP contribution in [0.25, 0.3) is 33.7 Å². The zero-order chi connectivity index (χ0) is 27.8. The van der Waals surface area contributed by atoms with Gasteiger partial charge in [0.25, 0.3) is 5.95 Å². The molecule has 39 heavy (non-hydrogen) atoms. The van der Waals surface area contributed by atoms with Crippen LogP contribution in [0.5, 0.6) is 0 Å². The fourth-order valence-corrected chi connectivity index (χ4v) is 4.29. The predicted octanol–water partition coefficient (Wildman–Crippen LogP) is 4.90. The van der Waals surface area contributed by atoms with Crippen LogP contribution in [0.4, 0.5) is 5.82 Å². The molecule has 4 aromatic rings. The fraction of sp³-hybridized carbons (Fsp3) is 0.267. The second-order valence-electron chi connectivity index (χ2n) is 8.85. The van der Waals surface area contributed by atoms with Crippen LogP contribution in [0.15, 0.2) is 77.5 Å². The van der Waals surface area contributed by atoms with Crippen LogP contribution >= 0.6 is 0 Å². The number of rotatable bonds is 8. The zero-order valence-corrected chi connectivity index (χ0v) is 22.6. The number of aryl methyl sites for hydroxylation is 1. The molecular weight excluding hydrogens is 492 g/mol. The number of ether oxygens (including phenoxy) is 1. The highest BCUT2D eigenvalue weighted by molar-refractivity contribution is 5.88. The molecule has 202 valence electrons. The Morgan fingerprint density at radius 1 is 1.13 bits per heavy atom. The van der Waals surface area contributed by atoms with Crippen molar-refractivity contribution in [3.05, 3.63) is 84.4 Å². The first-order valence-corrected chi connectivity index (χ1v) is 12.9. The van der Waals surface area contributed by atoms with Gasteiger partial charge in [-0.2, -0.15) is 10.1 Å². The van der Waals surface area contributed by atoms with Crippen LogP contribution in [0, 0.1) is 6.92 Å². The van der Waals surface area contributed by atoms with Crippen LogP contribution in [-0.2, 0) is 9.53 Å². The summed E-state index contributed by atoms with van der Waals surface area (Å²) in [7, 11) is 1.50. The molecule has 1 saturated heterocycles. The molecule has 0 saturated carbocycles. The van der Waals surface area contributed by atoms with Gasteiger partial charge in [-0.25, -0.2) is 9.67 Å². The van der Waals surface area contributed by atoms with Crippen molar-refractivity contribution in [2.24, 2.45) is 5.73 Å². The predicted molar refractivity (Wildman–Crippen MR) is 155 cm³/mol. The number of furan rings is 1. The van der Waals surface area contributed by atoms with Crippen molar-refractivity contribution < 1.29 is 13.9 Å². The lowest BCUT2D eigenvalue weighted by molar-refractivity contribution is -0.104. The maximum atomic E-state index is 11.2. The third kappa shape index (κ3) is 6.22. The SMILES string of the molecule is C=C/C(C=O)=C\C=C(/CC)c1cc2nc(-n3cc(-c4cccc(C)c4)cn3)nc(N3CCOCC3)c2o1.CN. The van der Waals surface area contributed by atoms with E-state index < -0.39 is 0 Å². The minimum Gasteiger partial charge on any atom is -0.451 e. The second kappa shape index (κ2) is 12.9. The molecule has 0 atom stereocenters. The number of morpholine rings is 1. The van der Waals surface area contributed by atoms with Gasteiger partial charge in [0.1, 0.15) is 17.6 Å². The van der Waals surface area contributed by atoms with Gasteiger partial charge in [-0.15, -0.1) is 0 Å². The number of carbonyl (C=O) groups excluding carboxylic acids is 1. The largest absolute Gasteiger partial charge is 0.451 e. The van der Waals surface area contributed by atoms with Gasteiger partial charge >= 0.3 is 0 Å². The number of aldehydes is 1. The Bertz CT molecular complexity index is 1500. The second-order valence-corrected chi connectivity index (χ2v) is 8.85. The Kier molecular flexibility index (Phi) is 9.19. The Morgan fingerprint density at radius 3 is 2.62 bits per heavy atom. The summed E-state index contributed by atoms with van der Waals surface area (Å²) in [5, 5.41) is 4.57. The number of carbonyl (C=O) groups is 1. The third-order valence-corrected chi connectivity index (χ3v) is 6.34. The molecule has 5 rings (SSSR count). The smallest absolute Gasteiger partial charge is 0.253 e. The van der Waals surface area contributed by atoms with E-state index in [1.165, 1.54) is 18.7 Å². The van der Waals surface area contributed by atoms with Gasteiger partial charge < -0.3 is 19.8 Å². The number of nitrogens with zero attached hydrogens (tertiary/aromatic N) is 5. The number of hydrogen-bond acceptors (Lipinski definition) is 8. The van der Waals surface area contributed by atoms with E-state index in [1.807, 2.05) is 37.5 Å². The number of allylic oxidation sites excluding steroid dienone is 5. The molecule has 2 N–H and O–H groups in total. The number of benzene rings is 1. The van der Waals surface area contributed by atoms with Crippen molar-refractivity contribution in [3.8, 4) is 17.1 Å². The first-order valence-electron chi connectivity index (χ1n) is 12.9. The molecule has 4 heterocycles. The summed E-state index contributed by atoms with van der Waals surface area (Å²) < 4.78 is 13.6. The average Bonchev–Trinajstić information content (AvgIpc) is 3.64. The molecule has 1 aliphatic rings. The molecule has 0 radical (unpaired) electrons. The molecule has 0 spiro atoms. The summed E-state index contributed by atoms with van der Waals surface area (Å²) in [6, 6.07) is 10.2. The minimum absolute atomic E-state index is 0.470. The summed E-state index contributed by atoms with van der Waals surface area (Å²) >= 11 is 0. The number of fused-ring (bicyclic) bond motifs is 1. The van der Waals surface area contributed by atoms with Crippen molar-refractivity contribution >= 4 is 28.8 Å². The molecule has 0 amide bonds. The maximum Gasteiger partial charge on any atom is 0.253 e. The van der Waals surface area contributed by atoms with Crippen LogP contribution in [0.2, 0.25) is 0 Å². The van der Waals surface area contributed by atoms with E-state index in [2.05, 4.69) is 47.4 Å². The van der Waals surface area contributed by atoms with Gasteiger partial charge in [-0.05, 0) is 31.5 Å². The van der Waals surface area contributed by atoms with Crippen LogP contribution in [0.1, 0.15) is 24.7 Å². The molecule has 0 bridgehead atoms. The molecule has 1 fully saturated rings. The fourth-order valence-electron chi connectivity index (χ4n) is 4.29. The molecule has 0 aliphatic carbocycles. The topological polar surface area (TPSA) is 112 Å². The normalized spacial score (nSPS) is 14.2. The van der Waals surface area contributed by atoms with E-state index in [-0.39, 0.29) is 0 Å². The lowest BCUT2D eigenvalue weighted by Crippen LogP contribution is -2.37. The standard InChI is InChI=1S/C29H29N5O3.CH5N/c1-4-21(19-35)9-10-22(5-2)26-16-25-27(37-26)28(33-11-13-36-14-12-33)32-29(31-25)34-18-24(17-30-34)23-8-6-7-20(3)15-23;1-2/h4,6-10,15-19H,1,5,11-14H2,2-3H3;2H2,1H3/b21-9+,22-10+;.